The third kappa shape index (κ3) is 3.34. The first-order chi connectivity index (χ1) is 11.1. The van der Waals surface area contributed by atoms with Gasteiger partial charge in [-0.2, -0.15) is 4.98 Å². The molecular weight excluding hydrogens is 294 g/mol. The van der Waals surface area contributed by atoms with Crippen molar-refractivity contribution in [1.29, 1.82) is 0 Å². The smallest absolute Gasteiger partial charge is 0.293 e. The molecule has 0 saturated carbocycles. The van der Waals surface area contributed by atoms with Crippen molar-refractivity contribution in [1.82, 2.24) is 24.5 Å². The van der Waals surface area contributed by atoms with Crippen molar-refractivity contribution in [2.45, 2.75) is 33.6 Å². The largest absolute Gasteiger partial charge is 0.381 e. The van der Waals surface area contributed by atoms with E-state index in [2.05, 4.69) is 15.1 Å². The summed E-state index contributed by atoms with van der Waals surface area (Å²) in [4.78, 5) is 23.2. The molecule has 1 aliphatic heterocycles. The molecule has 1 amide bonds. The second kappa shape index (κ2) is 6.62. The van der Waals surface area contributed by atoms with Crippen LogP contribution >= 0.6 is 0 Å². The Labute approximate surface area is 135 Å². The number of likely N-dealkylation sites (tertiary alicyclic amines) is 1. The number of fused-ring (bicyclic) bond motifs is 1. The number of aromatic nitrogens is 4. The highest BCUT2D eigenvalue weighted by molar-refractivity contribution is 5.91. The SMILES string of the molecule is CCOCC1CCCN(C(=O)c2nc3nc(C)cc(C)n3n2)C1. The van der Waals surface area contributed by atoms with Crippen LogP contribution in [0.4, 0.5) is 0 Å². The van der Waals surface area contributed by atoms with Crippen LogP contribution in [0.2, 0.25) is 0 Å². The van der Waals surface area contributed by atoms with Gasteiger partial charge in [0.25, 0.3) is 11.7 Å². The van der Waals surface area contributed by atoms with E-state index in [1.807, 2.05) is 31.7 Å². The maximum Gasteiger partial charge on any atom is 0.293 e. The predicted molar refractivity (Wildman–Crippen MR) is 85.4 cm³/mol. The van der Waals surface area contributed by atoms with Crippen LogP contribution in [0.15, 0.2) is 6.07 Å². The molecule has 1 aliphatic rings. The normalized spacial score (nSPS) is 18.6. The van der Waals surface area contributed by atoms with Crippen molar-refractivity contribution < 1.29 is 9.53 Å². The van der Waals surface area contributed by atoms with Gasteiger partial charge in [-0.3, -0.25) is 4.79 Å². The van der Waals surface area contributed by atoms with Crippen molar-refractivity contribution in [2.24, 2.45) is 5.92 Å². The van der Waals surface area contributed by atoms with Gasteiger partial charge in [-0.1, -0.05) is 0 Å². The quantitative estimate of drug-likeness (QED) is 0.857. The highest BCUT2D eigenvalue weighted by Gasteiger charge is 2.27. The van der Waals surface area contributed by atoms with Gasteiger partial charge in [0.1, 0.15) is 0 Å². The number of carbonyl (C=O) groups is 1. The van der Waals surface area contributed by atoms with Crippen LogP contribution in [0.5, 0.6) is 0 Å². The van der Waals surface area contributed by atoms with Gasteiger partial charge < -0.3 is 9.64 Å². The average molecular weight is 317 g/mol. The first-order valence-corrected chi connectivity index (χ1v) is 8.16. The van der Waals surface area contributed by atoms with Crippen LogP contribution in [0.25, 0.3) is 5.78 Å². The molecule has 0 bridgehead atoms. The minimum atomic E-state index is -0.117. The summed E-state index contributed by atoms with van der Waals surface area (Å²) in [5, 5.41) is 4.34. The molecule has 124 valence electrons. The minimum absolute atomic E-state index is 0.117. The van der Waals surface area contributed by atoms with E-state index in [0.29, 0.717) is 31.5 Å². The molecule has 1 fully saturated rings. The lowest BCUT2D eigenvalue weighted by atomic mass is 9.99. The molecule has 3 heterocycles. The number of piperidine rings is 1. The van der Waals surface area contributed by atoms with Crippen LogP contribution in [-0.2, 0) is 4.74 Å². The number of rotatable bonds is 4. The Morgan fingerprint density at radius 1 is 1.39 bits per heavy atom. The van der Waals surface area contributed by atoms with E-state index in [0.717, 1.165) is 30.8 Å². The van der Waals surface area contributed by atoms with Crippen molar-refractivity contribution >= 4 is 11.7 Å². The Balaban J connectivity index is 1.78. The third-order valence-corrected chi connectivity index (χ3v) is 4.17. The lowest BCUT2D eigenvalue weighted by Crippen LogP contribution is -2.41. The van der Waals surface area contributed by atoms with Crippen molar-refractivity contribution in [3.8, 4) is 0 Å². The second-order valence-electron chi connectivity index (χ2n) is 6.11. The lowest BCUT2D eigenvalue weighted by Gasteiger charge is -2.31. The van der Waals surface area contributed by atoms with Gasteiger partial charge >= 0.3 is 0 Å². The van der Waals surface area contributed by atoms with E-state index >= 15 is 0 Å². The maximum absolute atomic E-state index is 12.7. The van der Waals surface area contributed by atoms with E-state index in [9.17, 15) is 4.79 Å². The monoisotopic (exact) mass is 317 g/mol. The number of carbonyl (C=O) groups excluding carboxylic acids is 1. The first kappa shape index (κ1) is 15.9. The first-order valence-electron chi connectivity index (χ1n) is 8.16. The van der Waals surface area contributed by atoms with Gasteiger partial charge in [-0.05, 0) is 45.6 Å². The van der Waals surface area contributed by atoms with E-state index in [1.54, 1.807) is 4.52 Å². The topological polar surface area (TPSA) is 72.6 Å². The highest BCUT2D eigenvalue weighted by Crippen LogP contribution is 2.18. The molecule has 3 rings (SSSR count). The number of aryl methyl sites for hydroxylation is 2. The highest BCUT2D eigenvalue weighted by atomic mass is 16.5. The zero-order chi connectivity index (χ0) is 16.4. The zero-order valence-corrected chi connectivity index (χ0v) is 13.9. The summed E-state index contributed by atoms with van der Waals surface area (Å²) in [5.41, 5.74) is 1.79. The summed E-state index contributed by atoms with van der Waals surface area (Å²) in [7, 11) is 0. The molecule has 7 nitrogen and oxygen atoms in total. The molecule has 0 spiro atoms. The van der Waals surface area contributed by atoms with Crippen LogP contribution in [-0.4, -0.2) is 56.7 Å². The van der Waals surface area contributed by atoms with Crippen LogP contribution < -0.4 is 0 Å². The minimum Gasteiger partial charge on any atom is -0.381 e. The molecule has 0 aliphatic carbocycles. The van der Waals surface area contributed by atoms with Crippen molar-refractivity contribution in [3.05, 3.63) is 23.3 Å². The van der Waals surface area contributed by atoms with Gasteiger partial charge in [0.15, 0.2) is 0 Å². The maximum atomic E-state index is 12.7. The standard InChI is InChI=1S/C16H23N5O2/c1-4-23-10-13-6-5-7-20(9-13)15(22)14-18-16-17-11(2)8-12(3)21(16)19-14/h8,13H,4-7,9-10H2,1-3H3. The van der Waals surface area contributed by atoms with Gasteiger partial charge in [-0.15, -0.1) is 5.10 Å². The molecule has 0 radical (unpaired) electrons. The number of amides is 1. The molecule has 1 atom stereocenters. The average Bonchev–Trinajstić information content (AvgIpc) is 2.96. The summed E-state index contributed by atoms with van der Waals surface area (Å²) in [6, 6.07) is 1.93. The fourth-order valence-corrected chi connectivity index (χ4v) is 3.07. The molecule has 1 unspecified atom stereocenters. The lowest BCUT2D eigenvalue weighted by molar-refractivity contribution is 0.0492. The zero-order valence-electron chi connectivity index (χ0n) is 13.9. The summed E-state index contributed by atoms with van der Waals surface area (Å²) >= 11 is 0. The predicted octanol–water partition coefficient (Wildman–Crippen LogP) is 1.63. The summed E-state index contributed by atoms with van der Waals surface area (Å²) in [6.07, 6.45) is 2.09. The molecule has 2 aromatic rings. The van der Waals surface area contributed by atoms with E-state index in [1.165, 1.54) is 0 Å². The Bertz CT molecular complexity index is 712. The fraction of sp³-hybridized carbons (Fsp3) is 0.625. The van der Waals surface area contributed by atoms with E-state index < -0.39 is 0 Å². The van der Waals surface area contributed by atoms with Gasteiger partial charge in [-0.25, -0.2) is 9.50 Å². The Morgan fingerprint density at radius 2 is 2.22 bits per heavy atom. The summed E-state index contributed by atoms with van der Waals surface area (Å²) in [5.74, 6) is 0.984. The number of ether oxygens (including phenoxy) is 1. The number of hydrogen-bond acceptors (Lipinski definition) is 5. The van der Waals surface area contributed by atoms with Gasteiger partial charge in [0.2, 0.25) is 5.82 Å². The summed E-state index contributed by atoms with van der Waals surface area (Å²) in [6.45, 7) is 8.71. The van der Waals surface area contributed by atoms with Crippen LogP contribution in [0, 0.1) is 19.8 Å². The molecule has 7 heteroatoms. The molecule has 0 aromatic carbocycles. The van der Waals surface area contributed by atoms with Crippen molar-refractivity contribution in [2.75, 3.05) is 26.3 Å². The van der Waals surface area contributed by atoms with E-state index in [-0.39, 0.29) is 11.7 Å². The molecule has 23 heavy (non-hydrogen) atoms. The second-order valence-corrected chi connectivity index (χ2v) is 6.11. The number of nitrogens with zero attached hydrogens (tertiary/aromatic N) is 5. The molecule has 1 saturated heterocycles. The number of hydrogen-bond donors (Lipinski definition) is 0. The van der Waals surface area contributed by atoms with Crippen LogP contribution in [0.3, 0.4) is 0 Å². The van der Waals surface area contributed by atoms with Crippen molar-refractivity contribution in [3.63, 3.8) is 0 Å². The Morgan fingerprint density at radius 3 is 3.00 bits per heavy atom. The Hall–Kier alpha value is -2.02. The fourth-order valence-electron chi connectivity index (χ4n) is 3.07. The van der Waals surface area contributed by atoms with Gasteiger partial charge in [0, 0.05) is 31.1 Å². The van der Waals surface area contributed by atoms with Gasteiger partial charge in [0.05, 0.1) is 6.61 Å². The third-order valence-electron chi connectivity index (χ3n) is 4.17. The molecular formula is C16H23N5O2. The van der Waals surface area contributed by atoms with Crippen LogP contribution in [0.1, 0.15) is 41.8 Å². The Kier molecular flexibility index (Phi) is 4.56. The summed E-state index contributed by atoms with van der Waals surface area (Å²) < 4.78 is 7.13. The molecule has 2 aromatic heterocycles. The molecule has 0 N–H and O–H groups in total. The van der Waals surface area contributed by atoms with E-state index in [4.69, 9.17) is 4.74 Å².